The van der Waals surface area contributed by atoms with Crippen molar-refractivity contribution in [2.45, 2.75) is 31.3 Å². The summed E-state index contributed by atoms with van der Waals surface area (Å²) >= 11 is 0. The number of nitriles is 1. The van der Waals surface area contributed by atoms with E-state index < -0.39 is 68.5 Å². The first-order valence-corrected chi connectivity index (χ1v) is 15.5. The number of hydrogen-bond donors (Lipinski definition) is 3. The number of aromatic nitrogens is 3. The van der Waals surface area contributed by atoms with E-state index in [-0.39, 0.29) is 53.7 Å². The van der Waals surface area contributed by atoms with E-state index in [4.69, 9.17) is 10.00 Å². The van der Waals surface area contributed by atoms with Gasteiger partial charge in [0, 0.05) is 37.0 Å². The number of halogens is 4. The van der Waals surface area contributed by atoms with Gasteiger partial charge >= 0.3 is 6.09 Å². The molecular formula is C30H25F4N7O5S. The van der Waals surface area contributed by atoms with Crippen molar-refractivity contribution in [3.63, 3.8) is 0 Å². The molecule has 0 radical (unpaired) electrons. The van der Waals surface area contributed by atoms with Crippen LogP contribution < -0.4 is 14.8 Å². The summed E-state index contributed by atoms with van der Waals surface area (Å²) in [6, 6.07) is 11.1. The number of anilines is 2. The van der Waals surface area contributed by atoms with Crippen LogP contribution in [-0.4, -0.2) is 64.8 Å². The van der Waals surface area contributed by atoms with Crippen molar-refractivity contribution >= 4 is 27.8 Å². The molecule has 4 aromatic rings. The van der Waals surface area contributed by atoms with Gasteiger partial charge in [0.25, 0.3) is 0 Å². The zero-order chi connectivity index (χ0) is 33.9. The van der Waals surface area contributed by atoms with Crippen molar-refractivity contribution < 1.29 is 40.6 Å². The van der Waals surface area contributed by atoms with Gasteiger partial charge in [0.15, 0.2) is 17.4 Å². The second-order valence-corrected chi connectivity index (χ2v) is 12.2. The van der Waals surface area contributed by atoms with Gasteiger partial charge < -0.3 is 20.1 Å². The molecule has 3 N–H and O–H groups in total. The number of amides is 1. The van der Waals surface area contributed by atoms with E-state index in [0.717, 1.165) is 11.8 Å². The number of carbonyl (C=O) groups is 1. The number of alkyl halides is 1. The molecule has 1 saturated heterocycles. The third kappa shape index (κ3) is 7.49. The number of sulfonamides is 1. The molecule has 47 heavy (non-hydrogen) atoms. The van der Waals surface area contributed by atoms with Gasteiger partial charge in [0.05, 0.1) is 35.2 Å². The Hall–Kier alpha value is -5.50. The maximum atomic E-state index is 15.4. The fraction of sp³-hybridized carbons (Fsp3) is 0.233. The van der Waals surface area contributed by atoms with Gasteiger partial charge in [0.2, 0.25) is 27.7 Å². The van der Waals surface area contributed by atoms with Crippen LogP contribution in [0.15, 0.2) is 54.9 Å². The van der Waals surface area contributed by atoms with Crippen LogP contribution in [0.1, 0.15) is 23.1 Å². The monoisotopic (exact) mass is 671 g/mol. The molecular weight excluding hydrogens is 646 g/mol. The van der Waals surface area contributed by atoms with Crippen molar-refractivity contribution in [3.05, 3.63) is 89.0 Å². The molecule has 3 heterocycles. The van der Waals surface area contributed by atoms with E-state index in [1.165, 1.54) is 54.9 Å². The van der Waals surface area contributed by atoms with Gasteiger partial charge in [-0.05, 0) is 42.8 Å². The molecule has 0 saturated carbocycles. The lowest BCUT2D eigenvalue weighted by Gasteiger charge is -2.33. The lowest BCUT2D eigenvalue weighted by atomic mass is 10.0. The van der Waals surface area contributed by atoms with Crippen molar-refractivity contribution in [2.24, 2.45) is 0 Å². The van der Waals surface area contributed by atoms with E-state index in [1.807, 2.05) is 6.07 Å². The Morgan fingerprint density at radius 1 is 1.09 bits per heavy atom. The van der Waals surface area contributed by atoms with Crippen LogP contribution in [0.25, 0.3) is 11.3 Å². The van der Waals surface area contributed by atoms with Crippen molar-refractivity contribution in [1.29, 1.82) is 5.26 Å². The fourth-order valence-corrected chi connectivity index (χ4v) is 6.07. The van der Waals surface area contributed by atoms with Crippen LogP contribution in [0.4, 0.5) is 34.0 Å². The first-order valence-electron chi connectivity index (χ1n) is 13.9. The van der Waals surface area contributed by atoms with Crippen molar-refractivity contribution in [1.82, 2.24) is 19.9 Å². The van der Waals surface area contributed by atoms with Gasteiger partial charge in [-0.15, -0.1) is 0 Å². The number of nitrogens with one attached hydrogen (secondary N) is 2. The van der Waals surface area contributed by atoms with Crippen LogP contribution in [0, 0.1) is 35.7 Å². The zero-order valence-corrected chi connectivity index (χ0v) is 25.2. The number of carboxylic acid groups (broad SMARTS) is 1. The molecule has 5 rings (SSSR count). The molecule has 0 spiro atoms. The summed E-state index contributed by atoms with van der Waals surface area (Å²) < 4.78 is 92.9. The predicted molar refractivity (Wildman–Crippen MR) is 160 cm³/mol. The zero-order valence-electron chi connectivity index (χ0n) is 24.4. The largest absolute Gasteiger partial charge is 0.465 e. The highest BCUT2D eigenvalue weighted by molar-refractivity contribution is 7.91. The van der Waals surface area contributed by atoms with E-state index in [9.17, 15) is 22.7 Å². The topological polar surface area (TPSA) is 170 Å². The smallest absolute Gasteiger partial charge is 0.407 e. The molecule has 1 fully saturated rings. The molecule has 1 aliphatic heterocycles. The van der Waals surface area contributed by atoms with Crippen molar-refractivity contribution in [2.75, 3.05) is 23.1 Å². The van der Waals surface area contributed by atoms with Crippen LogP contribution >= 0.6 is 0 Å². The molecule has 0 unspecified atom stereocenters. The van der Waals surface area contributed by atoms with E-state index in [0.29, 0.717) is 0 Å². The highest BCUT2D eigenvalue weighted by Gasteiger charge is 2.31. The number of pyridine rings is 1. The highest BCUT2D eigenvalue weighted by Crippen LogP contribution is 2.39. The summed E-state index contributed by atoms with van der Waals surface area (Å²) in [5.41, 5.74) is -1.01. The van der Waals surface area contributed by atoms with Crippen LogP contribution in [0.2, 0.25) is 0 Å². The number of likely N-dealkylation sites (tertiary alicyclic amines) is 1. The Kier molecular flexibility index (Phi) is 9.42. The summed E-state index contributed by atoms with van der Waals surface area (Å²) in [6.07, 6.45) is -0.0438. The lowest BCUT2D eigenvalue weighted by Crippen LogP contribution is -2.49. The Labute approximate surface area is 265 Å². The molecule has 1 aliphatic rings. The average Bonchev–Trinajstić information content (AvgIpc) is 3.04. The molecule has 0 bridgehead atoms. The average molecular weight is 672 g/mol. The fourth-order valence-electron chi connectivity index (χ4n) is 4.88. The number of nitrogens with zero attached hydrogens (tertiary/aromatic N) is 5. The van der Waals surface area contributed by atoms with Gasteiger partial charge in [-0.3, -0.25) is 4.72 Å². The number of rotatable bonds is 9. The van der Waals surface area contributed by atoms with Gasteiger partial charge in [-0.25, -0.2) is 41.3 Å². The van der Waals surface area contributed by atoms with E-state index >= 15 is 13.2 Å². The molecule has 0 aliphatic carbocycles. The Bertz CT molecular complexity index is 1950. The summed E-state index contributed by atoms with van der Waals surface area (Å²) in [7, 11) is -4.43. The van der Waals surface area contributed by atoms with E-state index in [1.54, 1.807) is 4.72 Å². The van der Waals surface area contributed by atoms with Crippen LogP contribution in [0.5, 0.6) is 11.6 Å². The van der Waals surface area contributed by atoms with Gasteiger partial charge in [0.1, 0.15) is 11.9 Å². The summed E-state index contributed by atoms with van der Waals surface area (Å²) in [6.45, 7) is 0.791. The second kappa shape index (κ2) is 13.5. The minimum Gasteiger partial charge on any atom is -0.465 e. The predicted octanol–water partition coefficient (Wildman–Crippen LogP) is 5.37. The normalized spacial score (nSPS) is 16.3. The maximum absolute atomic E-state index is 15.4. The number of ether oxygens (including phenoxy) is 1. The third-order valence-corrected chi connectivity index (χ3v) is 8.33. The molecule has 1 amide bonds. The quantitative estimate of drug-likeness (QED) is 0.155. The molecule has 2 aromatic heterocycles. The van der Waals surface area contributed by atoms with Crippen molar-refractivity contribution in [3.8, 4) is 29.0 Å². The van der Waals surface area contributed by atoms with Gasteiger partial charge in [-0.2, -0.15) is 9.65 Å². The Morgan fingerprint density at radius 3 is 2.53 bits per heavy atom. The number of benzene rings is 2. The third-order valence-electron chi connectivity index (χ3n) is 7.10. The second-order valence-electron chi connectivity index (χ2n) is 10.5. The summed E-state index contributed by atoms with van der Waals surface area (Å²) in [5, 5.41) is 21.1. The molecule has 2 atom stereocenters. The standard InChI is InChI=1S/C30H25F4N7O5S/c1-16-23(32)26(40-47(44,45)15-18-6-4-17(12-35)5-7-18)24(33)25(34)27(16)46-28-21(3-2-9-36-28)22-8-10-37-29(39-22)38-20-11-19(31)13-41(14-20)30(42)43/h2-10,19-20,40H,11,13-15H2,1H3,(H,42,43)(H,37,38,39)/t19-,20-/m0/s1. The molecule has 12 nitrogen and oxygen atoms in total. The number of piperidine rings is 1. The SMILES string of the molecule is Cc1c(F)c(NS(=O)(=O)Cc2ccc(C#N)cc2)c(F)c(F)c1Oc1ncccc1-c1ccnc(N[C@H]2C[C@H](F)CN(C(=O)O)C2)n1. The number of hydrogen-bond acceptors (Lipinski definition) is 9. The maximum Gasteiger partial charge on any atom is 0.407 e. The first-order chi connectivity index (χ1) is 22.3. The van der Waals surface area contributed by atoms with E-state index in [2.05, 4.69) is 20.3 Å². The molecule has 244 valence electrons. The lowest BCUT2D eigenvalue weighted by molar-refractivity contribution is 0.102. The molecule has 2 aromatic carbocycles. The minimum absolute atomic E-state index is 0.00982. The van der Waals surface area contributed by atoms with Crippen LogP contribution in [-0.2, 0) is 15.8 Å². The Balaban J connectivity index is 1.39. The molecule has 17 heteroatoms. The highest BCUT2D eigenvalue weighted by atomic mass is 32.2. The summed E-state index contributed by atoms with van der Waals surface area (Å²) in [4.78, 5) is 24.8. The minimum atomic E-state index is -4.43. The summed E-state index contributed by atoms with van der Waals surface area (Å²) in [5.74, 6) is -6.88. The first kappa shape index (κ1) is 32.9. The van der Waals surface area contributed by atoms with Gasteiger partial charge in [-0.1, -0.05) is 12.1 Å². The van der Waals surface area contributed by atoms with Crippen LogP contribution in [0.3, 0.4) is 0 Å². The Morgan fingerprint density at radius 2 is 1.83 bits per heavy atom.